The van der Waals surface area contributed by atoms with Gasteiger partial charge >= 0.3 is 0 Å². The van der Waals surface area contributed by atoms with Crippen LogP contribution >= 0.6 is 0 Å². The van der Waals surface area contributed by atoms with Gasteiger partial charge in [0.05, 0.1) is 17.8 Å². The highest BCUT2D eigenvalue weighted by molar-refractivity contribution is 7.91. The van der Waals surface area contributed by atoms with E-state index in [0.717, 1.165) is 4.68 Å². The number of sulfone groups is 1. The summed E-state index contributed by atoms with van der Waals surface area (Å²) in [6.07, 6.45) is 1.91. The van der Waals surface area contributed by atoms with Gasteiger partial charge in [-0.05, 0) is 24.6 Å². The lowest BCUT2D eigenvalue weighted by molar-refractivity contribution is -0.132. The molecule has 128 valence electrons. The molecule has 3 heterocycles. The zero-order valence-electron chi connectivity index (χ0n) is 13.1. The summed E-state index contributed by atoms with van der Waals surface area (Å²) in [5.41, 5.74) is 0.0320. The van der Waals surface area contributed by atoms with Crippen LogP contribution in [0.2, 0.25) is 0 Å². The maximum atomic E-state index is 12.4. The van der Waals surface area contributed by atoms with Crippen molar-refractivity contribution < 1.29 is 17.6 Å². The van der Waals surface area contributed by atoms with Crippen molar-refractivity contribution in [3.05, 3.63) is 40.9 Å². The maximum absolute atomic E-state index is 12.4. The molecule has 0 spiro atoms. The monoisotopic (exact) mass is 351 g/mol. The number of hydrogen-bond acceptors (Lipinski definition) is 6. The first-order valence-corrected chi connectivity index (χ1v) is 9.26. The van der Waals surface area contributed by atoms with Gasteiger partial charge in [0.1, 0.15) is 12.2 Å². The molecule has 1 fully saturated rings. The van der Waals surface area contributed by atoms with E-state index in [4.69, 9.17) is 4.42 Å². The average molecular weight is 351 g/mol. The number of hydrogen-bond donors (Lipinski definition) is 0. The Morgan fingerprint density at radius 1 is 1.42 bits per heavy atom. The molecule has 1 aliphatic heterocycles. The van der Waals surface area contributed by atoms with Gasteiger partial charge in [0.2, 0.25) is 5.91 Å². The number of furan rings is 1. The summed E-state index contributed by atoms with van der Waals surface area (Å²) in [4.78, 5) is 25.7. The normalized spacial score (nSPS) is 19.3. The molecule has 1 aliphatic rings. The second-order valence-electron chi connectivity index (χ2n) is 5.75. The summed E-state index contributed by atoms with van der Waals surface area (Å²) in [5, 5.41) is 4.14. The van der Waals surface area contributed by atoms with Crippen molar-refractivity contribution in [3.63, 3.8) is 0 Å². The predicted octanol–water partition coefficient (Wildman–Crippen LogP) is 0.149. The lowest BCUT2D eigenvalue weighted by Gasteiger charge is -2.23. The van der Waals surface area contributed by atoms with Crippen LogP contribution in [0.1, 0.15) is 6.42 Å². The minimum absolute atomic E-state index is 0.0377. The summed E-state index contributed by atoms with van der Waals surface area (Å²) < 4.78 is 29.4. The van der Waals surface area contributed by atoms with Gasteiger partial charge in [-0.3, -0.25) is 9.59 Å². The number of carbonyl (C=O) groups is 1. The summed E-state index contributed by atoms with van der Waals surface area (Å²) in [5.74, 6) is 0.181. The summed E-state index contributed by atoms with van der Waals surface area (Å²) in [7, 11) is -1.53. The maximum Gasteiger partial charge on any atom is 0.267 e. The van der Waals surface area contributed by atoms with Gasteiger partial charge in [-0.2, -0.15) is 5.10 Å². The Hall–Kier alpha value is -2.42. The molecule has 2 aromatic rings. The van der Waals surface area contributed by atoms with E-state index in [9.17, 15) is 18.0 Å². The molecule has 0 aromatic carbocycles. The quantitative estimate of drug-likeness (QED) is 0.777. The van der Waals surface area contributed by atoms with Gasteiger partial charge in [-0.15, -0.1) is 0 Å². The topological polar surface area (TPSA) is 102 Å². The zero-order chi connectivity index (χ0) is 17.3. The van der Waals surface area contributed by atoms with E-state index in [0.29, 0.717) is 17.9 Å². The molecule has 1 unspecified atom stereocenters. The molecule has 0 aliphatic carbocycles. The van der Waals surface area contributed by atoms with Gasteiger partial charge in [-0.25, -0.2) is 13.1 Å². The molecule has 0 radical (unpaired) electrons. The van der Waals surface area contributed by atoms with Crippen molar-refractivity contribution in [3.8, 4) is 11.5 Å². The van der Waals surface area contributed by atoms with Crippen LogP contribution in [0.3, 0.4) is 0 Å². The van der Waals surface area contributed by atoms with Crippen LogP contribution < -0.4 is 5.56 Å². The Balaban J connectivity index is 1.77. The first kappa shape index (κ1) is 16.4. The van der Waals surface area contributed by atoms with Crippen molar-refractivity contribution in [1.82, 2.24) is 14.7 Å². The number of rotatable bonds is 4. The molecule has 0 N–H and O–H groups in total. The Kier molecular flexibility index (Phi) is 4.27. The van der Waals surface area contributed by atoms with E-state index < -0.39 is 15.4 Å². The van der Waals surface area contributed by atoms with E-state index >= 15 is 0 Å². The van der Waals surface area contributed by atoms with Gasteiger partial charge in [0.15, 0.2) is 15.6 Å². The molecular weight excluding hydrogens is 334 g/mol. The lowest BCUT2D eigenvalue weighted by atomic mass is 10.2. The van der Waals surface area contributed by atoms with E-state index in [1.807, 2.05) is 0 Å². The highest BCUT2D eigenvalue weighted by atomic mass is 32.2. The van der Waals surface area contributed by atoms with E-state index in [-0.39, 0.29) is 30.0 Å². The average Bonchev–Trinajstić information content (AvgIpc) is 3.18. The SMILES string of the molecule is CN(C(=O)Cn1nc(-c2ccco2)ccc1=O)C1CCS(=O)(=O)C1. The molecular formula is C15H17N3O5S. The lowest BCUT2D eigenvalue weighted by Crippen LogP contribution is -2.41. The van der Waals surface area contributed by atoms with Crippen molar-refractivity contribution >= 4 is 15.7 Å². The number of nitrogens with zero attached hydrogens (tertiary/aromatic N) is 3. The summed E-state index contributed by atoms with van der Waals surface area (Å²) in [6.45, 7) is -0.250. The first-order chi connectivity index (χ1) is 11.4. The zero-order valence-corrected chi connectivity index (χ0v) is 13.9. The van der Waals surface area contributed by atoms with Gasteiger partial charge in [0.25, 0.3) is 5.56 Å². The van der Waals surface area contributed by atoms with E-state index in [2.05, 4.69) is 5.10 Å². The van der Waals surface area contributed by atoms with Crippen LogP contribution in [0.25, 0.3) is 11.5 Å². The van der Waals surface area contributed by atoms with Crippen LogP contribution in [-0.4, -0.2) is 53.6 Å². The fourth-order valence-corrected chi connectivity index (χ4v) is 4.42. The molecule has 1 atom stereocenters. The molecule has 2 aromatic heterocycles. The van der Waals surface area contributed by atoms with Crippen LogP contribution in [0.5, 0.6) is 0 Å². The van der Waals surface area contributed by atoms with E-state index in [1.165, 1.54) is 23.3 Å². The van der Waals surface area contributed by atoms with E-state index in [1.54, 1.807) is 19.2 Å². The molecule has 8 nitrogen and oxygen atoms in total. The second-order valence-corrected chi connectivity index (χ2v) is 7.98. The van der Waals surface area contributed by atoms with Gasteiger partial charge in [0, 0.05) is 19.2 Å². The Labute approximate surface area is 138 Å². The third-order valence-electron chi connectivity index (χ3n) is 4.07. The molecule has 9 heteroatoms. The van der Waals surface area contributed by atoms with Crippen molar-refractivity contribution in [2.45, 2.75) is 19.0 Å². The largest absolute Gasteiger partial charge is 0.463 e. The van der Waals surface area contributed by atoms with Gasteiger partial charge < -0.3 is 9.32 Å². The molecule has 24 heavy (non-hydrogen) atoms. The fraction of sp³-hybridized carbons (Fsp3) is 0.400. The molecule has 0 saturated carbocycles. The van der Waals surface area contributed by atoms with Crippen LogP contribution in [0.4, 0.5) is 0 Å². The molecule has 0 bridgehead atoms. The number of aromatic nitrogens is 2. The smallest absolute Gasteiger partial charge is 0.267 e. The predicted molar refractivity (Wildman–Crippen MR) is 86.0 cm³/mol. The number of carbonyl (C=O) groups excluding carboxylic acids is 1. The Morgan fingerprint density at radius 3 is 2.83 bits per heavy atom. The Morgan fingerprint density at radius 2 is 2.21 bits per heavy atom. The van der Waals surface area contributed by atoms with Gasteiger partial charge in [-0.1, -0.05) is 0 Å². The molecule has 1 amide bonds. The van der Waals surface area contributed by atoms with Crippen molar-refractivity contribution in [2.24, 2.45) is 0 Å². The minimum Gasteiger partial charge on any atom is -0.463 e. The highest BCUT2D eigenvalue weighted by Gasteiger charge is 2.32. The first-order valence-electron chi connectivity index (χ1n) is 7.44. The summed E-state index contributed by atoms with van der Waals surface area (Å²) >= 11 is 0. The highest BCUT2D eigenvalue weighted by Crippen LogP contribution is 2.17. The summed E-state index contributed by atoms with van der Waals surface area (Å²) in [6, 6.07) is 5.89. The standard InChI is InChI=1S/C15H17N3O5S/c1-17(11-6-8-24(21,22)10-11)15(20)9-18-14(19)5-4-12(16-18)13-3-2-7-23-13/h2-5,7,11H,6,8-10H2,1H3. The third-order valence-corrected chi connectivity index (χ3v) is 5.83. The molecule has 3 rings (SSSR count). The Bertz CT molecular complexity index is 901. The van der Waals surface area contributed by atoms with Crippen LogP contribution in [-0.2, 0) is 21.2 Å². The molecule has 1 saturated heterocycles. The van der Waals surface area contributed by atoms with Crippen LogP contribution in [0, 0.1) is 0 Å². The minimum atomic E-state index is -3.08. The fourth-order valence-electron chi connectivity index (χ4n) is 2.64. The van der Waals surface area contributed by atoms with Crippen molar-refractivity contribution in [1.29, 1.82) is 0 Å². The number of likely N-dealkylation sites (N-methyl/N-ethyl adjacent to an activating group) is 1. The number of amides is 1. The van der Waals surface area contributed by atoms with Crippen molar-refractivity contribution in [2.75, 3.05) is 18.6 Å². The van der Waals surface area contributed by atoms with Crippen LogP contribution in [0.15, 0.2) is 39.7 Å². The second kappa shape index (κ2) is 6.23. The third kappa shape index (κ3) is 3.40.